The molecule has 108 valence electrons. The first-order chi connectivity index (χ1) is 9.55. The van der Waals surface area contributed by atoms with Gasteiger partial charge in [0.15, 0.2) is 11.5 Å². The van der Waals surface area contributed by atoms with Crippen molar-refractivity contribution in [3.63, 3.8) is 0 Å². The molecular weight excluding hydrogens is 252 g/mol. The van der Waals surface area contributed by atoms with Gasteiger partial charge in [-0.1, -0.05) is 19.9 Å². The number of ether oxygens (including phenoxy) is 1. The maximum Gasteiger partial charge on any atom is 0.160 e. The van der Waals surface area contributed by atoms with Gasteiger partial charge in [0.1, 0.15) is 6.04 Å². The number of phenolic OH excluding ortho intramolecular Hbond substituents is 1. The van der Waals surface area contributed by atoms with Gasteiger partial charge in [0.05, 0.1) is 13.2 Å². The van der Waals surface area contributed by atoms with Crippen molar-refractivity contribution in [3.05, 3.63) is 23.8 Å². The third kappa shape index (κ3) is 3.05. The molecule has 0 aromatic heterocycles. The summed E-state index contributed by atoms with van der Waals surface area (Å²) in [5.41, 5.74) is 0.878. The van der Waals surface area contributed by atoms with Gasteiger partial charge in [-0.2, -0.15) is 5.26 Å². The number of nitriles is 1. The number of piperidine rings is 1. The first-order valence-corrected chi connectivity index (χ1v) is 7.05. The number of likely N-dealkylation sites (tertiary alicyclic amines) is 1. The zero-order chi connectivity index (χ0) is 14.7. The SMILES string of the molecule is COc1cc(C(C#N)N2CC(C)CC(C)C2)ccc1O. The topological polar surface area (TPSA) is 56.5 Å². The predicted octanol–water partition coefficient (Wildman–Crippen LogP) is 2.94. The van der Waals surface area contributed by atoms with Gasteiger partial charge in [-0.3, -0.25) is 4.90 Å². The van der Waals surface area contributed by atoms with E-state index in [2.05, 4.69) is 24.8 Å². The lowest BCUT2D eigenvalue weighted by Gasteiger charge is -2.37. The summed E-state index contributed by atoms with van der Waals surface area (Å²) in [5.74, 6) is 1.73. The normalized spacial score (nSPS) is 24.9. The van der Waals surface area contributed by atoms with E-state index in [0.717, 1.165) is 18.7 Å². The molecule has 0 amide bonds. The molecule has 1 fully saturated rings. The average molecular weight is 274 g/mol. The van der Waals surface area contributed by atoms with Crippen LogP contribution in [0.15, 0.2) is 18.2 Å². The highest BCUT2D eigenvalue weighted by molar-refractivity contribution is 5.43. The smallest absolute Gasteiger partial charge is 0.160 e. The van der Waals surface area contributed by atoms with E-state index in [1.807, 2.05) is 0 Å². The van der Waals surface area contributed by atoms with Crippen molar-refractivity contribution in [2.75, 3.05) is 20.2 Å². The molecule has 1 aromatic carbocycles. The first-order valence-electron chi connectivity index (χ1n) is 7.05. The Morgan fingerprint density at radius 3 is 2.55 bits per heavy atom. The lowest BCUT2D eigenvalue weighted by atomic mass is 9.90. The molecule has 1 aliphatic heterocycles. The van der Waals surface area contributed by atoms with Gasteiger partial charge in [-0.15, -0.1) is 0 Å². The predicted molar refractivity (Wildman–Crippen MR) is 77.5 cm³/mol. The molecule has 1 heterocycles. The summed E-state index contributed by atoms with van der Waals surface area (Å²) in [5, 5.41) is 19.2. The van der Waals surface area contributed by atoms with Crippen LogP contribution in [0, 0.1) is 23.2 Å². The second-order valence-corrected chi connectivity index (χ2v) is 5.86. The van der Waals surface area contributed by atoms with E-state index in [-0.39, 0.29) is 11.8 Å². The van der Waals surface area contributed by atoms with E-state index in [1.54, 1.807) is 18.2 Å². The van der Waals surface area contributed by atoms with Gasteiger partial charge >= 0.3 is 0 Å². The monoisotopic (exact) mass is 274 g/mol. The van der Waals surface area contributed by atoms with Gasteiger partial charge in [0.25, 0.3) is 0 Å². The highest BCUT2D eigenvalue weighted by Crippen LogP contribution is 2.33. The number of rotatable bonds is 3. The van der Waals surface area contributed by atoms with Crippen molar-refractivity contribution >= 4 is 0 Å². The van der Waals surface area contributed by atoms with Crippen LogP contribution in [0.25, 0.3) is 0 Å². The van der Waals surface area contributed by atoms with Crippen LogP contribution in [0.2, 0.25) is 0 Å². The van der Waals surface area contributed by atoms with Crippen molar-refractivity contribution < 1.29 is 9.84 Å². The first kappa shape index (κ1) is 14.7. The fourth-order valence-electron chi connectivity index (χ4n) is 3.15. The molecular formula is C16H22N2O2. The molecule has 1 aliphatic rings. The standard InChI is InChI=1S/C16H22N2O2/c1-11-6-12(2)10-18(9-11)14(8-17)13-4-5-15(19)16(7-13)20-3/h4-5,7,11-12,14,19H,6,9-10H2,1-3H3. The molecule has 4 nitrogen and oxygen atoms in total. The second kappa shape index (κ2) is 6.15. The average Bonchev–Trinajstić information content (AvgIpc) is 2.40. The van der Waals surface area contributed by atoms with Gasteiger partial charge in [-0.25, -0.2) is 0 Å². The number of phenols is 1. The Hall–Kier alpha value is -1.73. The lowest BCUT2D eigenvalue weighted by Crippen LogP contribution is -2.40. The van der Waals surface area contributed by atoms with Gasteiger partial charge < -0.3 is 9.84 Å². The van der Waals surface area contributed by atoms with Crippen molar-refractivity contribution in [2.24, 2.45) is 11.8 Å². The third-order valence-electron chi connectivity index (χ3n) is 3.90. The van der Waals surface area contributed by atoms with Crippen molar-refractivity contribution in [3.8, 4) is 17.6 Å². The van der Waals surface area contributed by atoms with E-state index < -0.39 is 0 Å². The quantitative estimate of drug-likeness (QED) is 0.920. The second-order valence-electron chi connectivity index (χ2n) is 5.86. The fourth-order valence-corrected chi connectivity index (χ4v) is 3.15. The van der Waals surface area contributed by atoms with Crippen LogP contribution in [-0.2, 0) is 0 Å². The van der Waals surface area contributed by atoms with Crippen molar-refractivity contribution in [1.29, 1.82) is 5.26 Å². The number of aromatic hydroxyl groups is 1. The Morgan fingerprint density at radius 2 is 2.00 bits per heavy atom. The van der Waals surface area contributed by atoms with E-state index in [9.17, 15) is 10.4 Å². The van der Waals surface area contributed by atoms with Crippen LogP contribution in [-0.4, -0.2) is 30.2 Å². The van der Waals surface area contributed by atoms with Gasteiger partial charge in [-0.05, 0) is 36.0 Å². The zero-order valence-electron chi connectivity index (χ0n) is 12.3. The van der Waals surface area contributed by atoms with E-state index >= 15 is 0 Å². The minimum atomic E-state index is -0.283. The Labute approximate surface area is 120 Å². The van der Waals surface area contributed by atoms with E-state index in [0.29, 0.717) is 17.6 Å². The van der Waals surface area contributed by atoms with Crippen LogP contribution in [0.3, 0.4) is 0 Å². The van der Waals surface area contributed by atoms with Gasteiger partial charge in [0.2, 0.25) is 0 Å². The van der Waals surface area contributed by atoms with Crippen LogP contribution in [0.1, 0.15) is 31.9 Å². The summed E-state index contributed by atoms with van der Waals surface area (Å²) in [6, 6.07) is 7.26. The third-order valence-corrected chi connectivity index (χ3v) is 3.90. The zero-order valence-corrected chi connectivity index (χ0v) is 12.3. The molecule has 1 aromatic rings. The van der Waals surface area contributed by atoms with E-state index in [1.165, 1.54) is 13.5 Å². The van der Waals surface area contributed by atoms with Gasteiger partial charge in [0, 0.05) is 13.1 Å². The summed E-state index contributed by atoms with van der Waals surface area (Å²) >= 11 is 0. The maximum absolute atomic E-state index is 9.66. The summed E-state index contributed by atoms with van der Waals surface area (Å²) < 4.78 is 5.13. The Kier molecular flexibility index (Phi) is 4.51. The van der Waals surface area contributed by atoms with Crippen LogP contribution < -0.4 is 4.74 Å². The summed E-state index contributed by atoms with van der Waals surface area (Å²) in [6.07, 6.45) is 1.22. The summed E-state index contributed by atoms with van der Waals surface area (Å²) in [6.45, 7) is 6.33. The number of hydrogen-bond donors (Lipinski definition) is 1. The summed E-state index contributed by atoms with van der Waals surface area (Å²) in [4.78, 5) is 2.23. The summed E-state index contributed by atoms with van der Waals surface area (Å²) in [7, 11) is 1.52. The molecule has 20 heavy (non-hydrogen) atoms. The number of nitrogens with zero attached hydrogens (tertiary/aromatic N) is 2. The minimum absolute atomic E-state index is 0.105. The molecule has 0 radical (unpaired) electrons. The molecule has 3 atom stereocenters. The van der Waals surface area contributed by atoms with E-state index in [4.69, 9.17) is 4.74 Å². The molecule has 3 unspecified atom stereocenters. The molecule has 0 saturated carbocycles. The molecule has 2 rings (SSSR count). The minimum Gasteiger partial charge on any atom is -0.504 e. The van der Waals surface area contributed by atoms with Crippen LogP contribution >= 0.6 is 0 Å². The Morgan fingerprint density at radius 1 is 1.35 bits per heavy atom. The molecule has 1 saturated heterocycles. The van der Waals surface area contributed by atoms with Crippen LogP contribution in [0.5, 0.6) is 11.5 Å². The molecule has 1 N–H and O–H groups in total. The van der Waals surface area contributed by atoms with Crippen molar-refractivity contribution in [1.82, 2.24) is 4.90 Å². The maximum atomic E-state index is 9.66. The Balaban J connectivity index is 2.26. The highest BCUT2D eigenvalue weighted by Gasteiger charge is 2.28. The van der Waals surface area contributed by atoms with Crippen molar-refractivity contribution in [2.45, 2.75) is 26.3 Å². The lowest BCUT2D eigenvalue weighted by molar-refractivity contribution is 0.117. The molecule has 4 heteroatoms. The molecule has 0 bridgehead atoms. The molecule has 0 spiro atoms. The van der Waals surface area contributed by atoms with Crippen LogP contribution in [0.4, 0.5) is 0 Å². The highest BCUT2D eigenvalue weighted by atomic mass is 16.5. The molecule has 0 aliphatic carbocycles. The fraction of sp³-hybridized carbons (Fsp3) is 0.562. The largest absolute Gasteiger partial charge is 0.504 e. The number of methoxy groups -OCH3 is 1. The Bertz CT molecular complexity index is 500. The number of benzene rings is 1. The number of hydrogen-bond acceptors (Lipinski definition) is 4.